The quantitative estimate of drug-likeness (QED) is 0.576. The Morgan fingerprint density at radius 1 is 1.18 bits per heavy atom. The predicted molar refractivity (Wildman–Crippen MR) is 63.1 cm³/mol. The fraction of sp³-hybridized carbons (Fsp3) is 0. The van der Waals surface area contributed by atoms with E-state index in [1.807, 2.05) is 0 Å². The predicted octanol–water partition coefficient (Wildman–Crippen LogP) is 0.782. The van der Waals surface area contributed by atoms with Crippen LogP contribution in [0.4, 0.5) is 0 Å². The van der Waals surface area contributed by atoms with E-state index in [1.54, 1.807) is 0 Å². The van der Waals surface area contributed by atoms with Gasteiger partial charge in [-0.1, -0.05) is 18.2 Å². The van der Waals surface area contributed by atoms with Gasteiger partial charge in [0.25, 0.3) is 10.1 Å². The Morgan fingerprint density at radius 2 is 1.82 bits per heavy atom. The smallest absolute Gasteiger partial charge is 0.295 e. The minimum absolute atomic E-state index is 0. The zero-order valence-corrected chi connectivity index (χ0v) is 11.8. The van der Waals surface area contributed by atoms with E-state index in [2.05, 4.69) is 0 Å². The minimum Gasteiger partial charge on any atom is -0.297 e. The molecule has 2 N–H and O–H groups in total. The van der Waals surface area contributed by atoms with Crippen molar-refractivity contribution in [1.82, 2.24) is 0 Å². The molecule has 2 rings (SSSR count). The molecule has 1 aliphatic rings. The second-order valence-corrected chi connectivity index (χ2v) is 4.66. The number of hydrogen-bond donors (Lipinski definition) is 2. The molecule has 0 aliphatic heterocycles. The van der Waals surface area contributed by atoms with E-state index in [-0.39, 0.29) is 51.3 Å². The van der Waals surface area contributed by atoms with Crippen molar-refractivity contribution in [3.05, 3.63) is 35.4 Å². The van der Waals surface area contributed by atoms with Crippen molar-refractivity contribution >= 4 is 57.2 Å². The normalized spacial score (nSPS) is 14.2. The summed E-state index contributed by atoms with van der Waals surface area (Å²) in [5.41, 5.74) is 0.0358. The van der Waals surface area contributed by atoms with Crippen LogP contribution in [0.15, 0.2) is 29.2 Å². The average Bonchev–Trinajstić information content (AvgIpc) is 2.21. The van der Waals surface area contributed by atoms with Gasteiger partial charge in [0.15, 0.2) is 0 Å². The van der Waals surface area contributed by atoms with Crippen molar-refractivity contribution in [2.24, 2.45) is 0 Å². The Hall–Kier alpha value is -0.790. The summed E-state index contributed by atoms with van der Waals surface area (Å²) >= 11 is 0. The molecule has 1 radical (unpaired) electrons. The fourth-order valence-corrected chi connectivity index (χ4v) is 2.23. The van der Waals surface area contributed by atoms with Gasteiger partial charge in [-0.25, -0.2) is 0 Å². The molecule has 0 heterocycles. The molecule has 0 bridgehead atoms. The van der Waals surface area contributed by atoms with Crippen LogP contribution in [-0.4, -0.2) is 54.0 Å². The standard InChI is InChI=1S/C10H7NO4S.Na/c11-8-5-4-6-7(10(8)12)2-1-3-9(6)16(13,14)15;/h1-5,11H,(H,13,14,15);. The van der Waals surface area contributed by atoms with Crippen LogP contribution in [-0.2, 0) is 10.1 Å². The van der Waals surface area contributed by atoms with Crippen LogP contribution in [0.3, 0.4) is 0 Å². The van der Waals surface area contributed by atoms with Crippen LogP contribution in [0, 0.1) is 5.41 Å². The van der Waals surface area contributed by atoms with Gasteiger partial charge in [0.05, 0.1) is 0 Å². The molecule has 0 spiro atoms. The Labute approximate surface area is 120 Å². The molecule has 0 aromatic heterocycles. The van der Waals surface area contributed by atoms with Crippen molar-refractivity contribution in [2.75, 3.05) is 0 Å². The molecule has 83 valence electrons. The summed E-state index contributed by atoms with van der Waals surface area (Å²) in [6, 6.07) is 3.98. The summed E-state index contributed by atoms with van der Waals surface area (Å²) in [5.74, 6) is -0.553. The summed E-state index contributed by atoms with van der Waals surface area (Å²) in [4.78, 5) is 11.2. The summed E-state index contributed by atoms with van der Waals surface area (Å²) < 4.78 is 31.1. The van der Waals surface area contributed by atoms with Gasteiger partial charge in [-0.3, -0.25) is 14.8 Å². The van der Waals surface area contributed by atoms with Crippen LogP contribution in [0.2, 0.25) is 0 Å². The number of allylic oxidation sites excluding steroid dienone is 1. The molecule has 0 unspecified atom stereocenters. The summed E-state index contributed by atoms with van der Waals surface area (Å²) in [5, 5.41) is 7.30. The van der Waals surface area contributed by atoms with E-state index < -0.39 is 15.9 Å². The number of carbonyl (C=O) groups is 1. The van der Waals surface area contributed by atoms with Crippen molar-refractivity contribution in [3.63, 3.8) is 0 Å². The molecule has 1 aromatic rings. The van der Waals surface area contributed by atoms with E-state index in [1.165, 1.54) is 30.4 Å². The van der Waals surface area contributed by atoms with Crippen molar-refractivity contribution in [2.45, 2.75) is 4.90 Å². The van der Waals surface area contributed by atoms with Gasteiger partial charge in [0.2, 0.25) is 5.78 Å². The molecule has 0 saturated heterocycles. The Morgan fingerprint density at radius 3 is 2.41 bits per heavy atom. The third kappa shape index (κ3) is 2.56. The molecule has 0 atom stereocenters. The molecule has 1 aliphatic carbocycles. The number of nitrogens with one attached hydrogen (secondary N) is 1. The first kappa shape index (κ1) is 14.3. The van der Waals surface area contributed by atoms with E-state index >= 15 is 0 Å². The third-order valence-corrected chi connectivity index (χ3v) is 3.16. The van der Waals surface area contributed by atoms with Crippen molar-refractivity contribution < 1.29 is 17.8 Å². The van der Waals surface area contributed by atoms with Gasteiger partial charge in [-0.05, 0) is 12.1 Å². The summed E-state index contributed by atoms with van der Waals surface area (Å²) in [6.07, 6.45) is 2.54. The fourth-order valence-electron chi connectivity index (χ4n) is 1.53. The average molecular weight is 260 g/mol. The van der Waals surface area contributed by atoms with Crippen LogP contribution >= 0.6 is 0 Å². The minimum atomic E-state index is -4.36. The van der Waals surface area contributed by atoms with E-state index in [0.717, 1.165) is 0 Å². The Kier molecular flexibility index (Phi) is 4.06. The Balaban J connectivity index is 0.00000144. The number of benzene rings is 1. The first-order chi connectivity index (χ1) is 7.41. The molecule has 1 aromatic carbocycles. The monoisotopic (exact) mass is 260 g/mol. The van der Waals surface area contributed by atoms with Gasteiger partial charge in [-0.15, -0.1) is 0 Å². The second kappa shape index (κ2) is 4.83. The van der Waals surface area contributed by atoms with Crippen molar-refractivity contribution in [1.29, 1.82) is 5.41 Å². The molecule has 5 nitrogen and oxygen atoms in total. The van der Waals surface area contributed by atoms with E-state index in [0.29, 0.717) is 0 Å². The topological polar surface area (TPSA) is 95.3 Å². The van der Waals surface area contributed by atoms with Crippen LogP contribution < -0.4 is 0 Å². The molecular weight excluding hydrogens is 253 g/mol. The van der Waals surface area contributed by atoms with Gasteiger partial charge in [-0.2, -0.15) is 8.42 Å². The maximum Gasteiger partial charge on any atom is 0.295 e. The first-order valence-corrected chi connectivity index (χ1v) is 5.77. The summed E-state index contributed by atoms with van der Waals surface area (Å²) in [6.45, 7) is 0. The van der Waals surface area contributed by atoms with Crippen LogP contribution in [0.25, 0.3) is 6.08 Å². The zero-order chi connectivity index (χ0) is 11.9. The number of carbonyl (C=O) groups excluding carboxylic acids is 1. The largest absolute Gasteiger partial charge is 0.297 e. The van der Waals surface area contributed by atoms with Gasteiger partial charge in [0, 0.05) is 40.7 Å². The second-order valence-electron chi connectivity index (χ2n) is 3.27. The van der Waals surface area contributed by atoms with Gasteiger partial charge >= 0.3 is 0 Å². The molecule has 0 saturated carbocycles. The SMILES string of the molecule is N=C1C=Cc2c(cccc2S(=O)(=O)O)C1=O.[Na]. The van der Waals surface area contributed by atoms with E-state index in [9.17, 15) is 13.2 Å². The number of rotatable bonds is 1. The van der Waals surface area contributed by atoms with Gasteiger partial charge < -0.3 is 0 Å². The number of Topliss-reactive ketones (excluding diaryl/α,β-unsaturated/α-hetero) is 1. The number of fused-ring (bicyclic) bond motifs is 1. The number of hydrogen-bond acceptors (Lipinski definition) is 4. The molecule has 7 heteroatoms. The maximum atomic E-state index is 11.5. The first-order valence-electron chi connectivity index (χ1n) is 4.33. The Bertz CT molecular complexity index is 634. The van der Waals surface area contributed by atoms with E-state index in [4.69, 9.17) is 9.96 Å². The molecule has 0 amide bonds. The van der Waals surface area contributed by atoms with Gasteiger partial charge in [0.1, 0.15) is 10.6 Å². The molecule has 0 fully saturated rings. The van der Waals surface area contributed by atoms with Crippen LogP contribution in [0.5, 0.6) is 0 Å². The molecule has 17 heavy (non-hydrogen) atoms. The number of ketones is 1. The zero-order valence-electron chi connectivity index (χ0n) is 8.97. The van der Waals surface area contributed by atoms with Crippen LogP contribution in [0.1, 0.15) is 15.9 Å². The maximum absolute atomic E-state index is 11.5. The third-order valence-electron chi connectivity index (χ3n) is 2.25. The molecular formula is C10H7NNaO4S. The summed E-state index contributed by atoms with van der Waals surface area (Å²) in [7, 11) is -4.36. The van der Waals surface area contributed by atoms with Crippen molar-refractivity contribution in [3.8, 4) is 0 Å².